The van der Waals surface area contributed by atoms with Crippen LogP contribution in [0, 0.1) is 0 Å². The molecule has 25 heavy (non-hydrogen) atoms. The summed E-state index contributed by atoms with van der Waals surface area (Å²) in [5.41, 5.74) is 1.10. The number of nitrogens with one attached hydrogen (secondary N) is 1. The van der Waals surface area contributed by atoms with Crippen LogP contribution in [-0.4, -0.2) is 35.6 Å². The molecule has 0 amide bonds. The van der Waals surface area contributed by atoms with Crippen LogP contribution in [0.15, 0.2) is 36.5 Å². The molecular formula is C19H26N4O2. The van der Waals surface area contributed by atoms with Gasteiger partial charge in [-0.1, -0.05) is 26.0 Å². The third-order valence-electron chi connectivity index (χ3n) is 3.62. The molecule has 1 aromatic carbocycles. The molecule has 0 unspecified atom stereocenters. The molecule has 0 atom stereocenters. The third kappa shape index (κ3) is 5.17. The van der Waals surface area contributed by atoms with E-state index in [0.29, 0.717) is 23.8 Å². The molecular weight excluding hydrogens is 316 g/mol. The Balaban J connectivity index is 2.24. The molecule has 134 valence electrons. The van der Waals surface area contributed by atoms with Crippen molar-refractivity contribution in [2.24, 2.45) is 0 Å². The van der Waals surface area contributed by atoms with Crippen molar-refractivity contribution in [2.75, 3.05) is 29.9 Å². The lowest BCUT2D eigenvalue weighted by Gasteiger charge is -2.22. The van der Waals surface area contributed by atoms with Crippen LogP contribution in [0.25, 0.3) is 0 Å². The summed E-state index contributed by atoms with van der Waals surface area (Å²) in [7, 11) is 0. The zero-order valence-corrected chi connectivity index (χ0v) is 15.2. The topological polar surface area (TPSA) is 67.4 Å². The van der Waals surface area contributed by atoms with Crippen molar-refractivity contribution in [1.82, 2.24) is 9.97 Å². The first-order valence-corrected chi connectivity index (χ1v) is 8.80. The van der Waals surface area contributed by atoms with E-state index in [1.807, 2.05) is 18.2 Å². The Morgan fingerprint density at radius 2 is 1.84 bits per heavy atom. The van der Waals surface area contributed by atoms with Gasteiger partial charge in [0.2, 0.25) is 5.95 Å². The van der Waals surface area contributed by atoms with Crippen molar-refractivity contribution < 1.29 is 9.53 Å². The van der Waals surface area contributed by atoms with Gasteiger partial charge in [-0.25, -0.2) is 9.78 Å². The second kappa shape index (κ2) is 9.61. The van der Waals surface area contributed by atoms with Gasteiger partial charge < -0.3 is 15.0 Å². The Kier molecular flexibility index (Phi) is 7.19. The van der Waals surface area contributed by atoms with Gasteiger partial charge in [-0.2, -0.15) is 4.98 Å². The number of para-hydroxylation sites is 1. The molecule has 0 aliphatic carbocycles. The molecule has 2 aromatic rings. The minimum absolute atomic E-state index is 0.335. The number of hydrogen-bond acceptors (Lipinski definition) is 6. The number of rotatable bonds is 9. The van der Waals surface area contributed by atoms with Gasteiger partial charge in [0, 0.05) is 19.3 Å². The van der Waals surface area contributed by atoms with Gasteiger partial charge >= 0.3 is 5.97 Å². The van der Waals surface area contributed by atoms with Crippen molar-refractivity contribution >= 4 is 23.4 Å². The van der Waals surface area contributed by atoms with Crippen LogP contribution in [0.4, 0.5) is 17.5 Å². The average molecular weight is 342 g/mol. The Morgan fingerprint density at radius 1 is 1.12 bits per heavy atom. The van der Waals surface area contributed by atoms with Crippen molar-refractivity contribution in [2.45, 2.75) is 33.6 Å². The number of hydrogen-bond donors (Lipinski definition) is 1. The SMILES string of the molecule is CCCN(CCC)c1ccnc(Nc2ccccc2C(=O)OCC)n1. The zero-order valence-electron chi connectivity index (χ0n) is 15.2. The van der Waals surface area contributed by atoms with Crippen LogP contribution < -0.4 is 10.2 Å². The number of ether oxygens (including phenoxy) is 1. The van der Waals surface area contributed by atoms with Crippen LogP contribution in [-0.2, 0) is 4.74 Å². The average Bonchev–Trinajstić information content (AvgIpc) is 2.62. The van der Waals surface area contributed by atoms with Crippen LogP contribution in [0.2, 0.25) is 0 Å². The van der Waals surface area contributed by atoms with E-state index >= 15 is 0 Å². The van der Waals surface area contributed by atoms with Crippen LogP contribution in [0.3, 0.4) is 0 Å². The van der Waals surface area contributed by atoms with Crippen molar-refractivity contribution in [1.29, 1.82) is 0 Å². The molecule has 0 aliphatic rings. The molecule has 0 radical (unpaired) electrons. The second-order valence-electron chi connectivity index (χ2n) is 5.62. The summed E-state index contributed by atoms with van der Waals surface area (Å²) >= 11 is 0. The fourth-order valence-electron chi connectivity index (χ4n) is 2.57. The summed E-state index contributed by atoms with van der Waals surface area (Å²) in [6.45, 7) is 8.32. The molecule has 1 N–H and O–H groups in total. The van der Waals surface area contributed by atoms with Crippen molar-refractivity contribution in [3.05, 3.63) is 42.1 Å². The molecule has 6 nitrogen and oxygen atoms in total. The van der Waals surface area contributed by atoms with E-state index in [0.717, 1.165) is 31.7 Å². The van der Waals surface area contributed by atoms with Gasteiger partial charge in [-0.3, -0.25) is 0 Å². The fourth-order valence-corrected chi connectivity index (χ4v) is 2.57. The first-order chi connectivity index (χ1) is 12.2. The number of esters is 1. The van der Waals surface area contributed by atoms with Crippen molar-refractivity contribution in [3.63, 3.8) is 0 Å². The van der Waals surface area contributed by atoms with Gasteiger partial charge in [0.25, 0.3) is 0 Å². The van der Waals surface area contributed by atoms with Gasteiger partial charge in [0.1, 0.15) is 5.82 Å². The lowest BCUT2D eigenvalue weighted by Crippen LogP contribution is -2.26. The molecule has 0 saturated carbocycles. The van der Waals surface area contributed by atoms with Crippen LogP contribution in [0.1, 0.15) is 44.0 Å². The van der Waals surface area contributed by atoms with Gasteiger partial charge in [0.15, 0.2) is 0 Å². The maximum absolute atomic E-state index is 12.1. The largest absolute Gasteiger partial charge is 0.462 e. The van der Waals surface area contributed by atoms with Crippen LogP contribution in [0.5, 0.6) is 0 Å². The number of benzene rings is 1. The molecule has 0 fully saturated rings. The number of carbonyl (C=O) groups excluding carboxylic acids is 1. The Hall–Kier alpha value is -2.63. The van der Waals surface area contributed by atoms with Crippen molar-refractivity contribution in [3.8, 4) is 0 Å². The maximum Gasteiger partial charge on any atom is 0.340 e. The highest BCUT2D eigenvalue weighted by Gasteiger charge is 2.13. The highest BCUT2D eigenvalue weighted by Crippen LogP contribution is 2.21. The van der Waals surface area contributed by atoms with Gasteiger partial charge in [-0.05, 0) is 38.0 Å². The Labute approximate surface area is 149 Å². The summed E-state index contributed by atoms with van der Waals surface area (Å²) in [6.07, 6.45) is 3.84. The van der Waals surface area contributed by atoms with E-state index in [1.165, 1.54) is 0 Å². The molecule has 1 aromatic heterocycles. The van der Waals surface area contributed by atoms with E-state index in [4.69, 9.17) is 4.74 Å². The smallest absolute Gasteiger partial charge is 0.340 e. The highest BCUT2D eigenvalue weighted by molar-refractivity contribution is 5.96. The summed E-state index contributed by atoms with van der Waals surface area (Å²) in [5.74, 6) is 0.988. The second-order valence-corrected chi connectivity index (χ2v) is 5.62. The molecule has 2 rings (SSSR count). The number of nitrogens with zero attached hydrogens (tertiary/aromatic N) is 3. The Morgan fingerprint density at radius 3 is 2.52 bits per heavy atom. The lowest BCUT2D eigenvalue weighted by molar-refractivity contribution is 0.0527. The lowest BCUT2D eigenvalue weighted by atomic mass is 10.2. The van der Waals surface area contributed by atoms with Crippen LogP contribution >= 0.6 is 0 Å². The number of carbonyl (C=O) groups is 1. The third-order valence-corrected chi connectivity index (χ3v) is 3.62. The summed E-state index contributed by atoms with van der Waals surface area (Å²) < 4.78 is 5.10. The van der Waals surface area contributed by atoms with E-state index in [1.54, 1.807) is 25.3 Å². The first-order valence-electron chi connectivity index (χ1n) is 8.80. The molecule has 6 heteroatoms. The summed E-state index contributed by atoms with van der Waals surface area (Å²) in [6, 6.07) is 9.12. The fraction of sp³-hybridized carbons (Fsp3) is 0.421. The van der Waals surface area contributed by atoms with E-state index in [9.17, 15) is 4.79 Å². The minimum atomic E-state index is -0.361. The van der Waals surface area contributed by atoms with E-state index < -0.39 is 0 Å². The normalized spacial score (nSPS) is 10.4. The predicted molar refractivity (Wildman–Crippen MR) is 101 cm³/mol. The first kappa shape index (κ1) is 18.7. The standard InChI is InChI=1S/C19H26N4O2/c1-4-13-23(14-5-2)17-11-12-20-19(22-17)21-16-10-8-7-9-15(16)18(24)25-6-3/h7-12H,4-6,13-14H2,1-3H3,(H,20,21,22). The molecule has 0 saturated heterocycles. The molecule has 1 heterocycles. The molecule has 0 spiro atoms. The monoisotopic (exact) mass is 342 g/mol. The van der Waals surface area contributed by atoms with E-state index in [-0.39, 0.29) is 5.97 Å². The van der Waals surface area contributed by atoms with Gasteiger partial charge in [0.05, 0.1) is 17.9 Å². The molecule has 0 bridgehead atoms. The summed E-state index contributed by atoms with van der Waals surface area (Å²) in [5, 5.41) is 3.14. The predicted octanol–water partition coefficient (Wildman–Crippen LogP) is 4.02. The van der Waals surface area contributed by atoms with Gasteiger partial charge in [-0.15, -0.1) is 0 Å². The minimum Gasteiger partial charge on any atom is -0.462 e. The quantitative estimate of drug-likeness (QED) is 0.694. The number of anilines is 3. The number of aromatic nitrogens is 2. The Bertz CT molecular complexity index is 685. The van der Waals surface area contributed by atoms with E-state index in [2.05, 4.69) is 34.0 Å². The summed E-state index contributed by atoms with van der Waals surface area (Å²) in [4.78, 5) is 23.2. The molecule has 0 aliphatic heterocycles. The zero-order chi connectivity index (χ0) is 18.1. The maximum atomic E-state index is 12.1. The highest BCUT2D eigenvalue weighted by atomic mass is 16.5.